The van der Waals surface area contributed by atoms with Gasteiger partial charge in [0.05, 0.1) is 24.0 Å². The Morgan fingerprint density at radius 2 is 2.00 bits per heavy atom. The second kappa shape index (κ2) is 6.32. The van der Waals surface area contributed by atoms with Gasteiger partial charge in [0.1, 0.15) is 5.75 Å². The van der Waals surface area contributed by atoms with Gasteiger partial charge >= 0.3 is 0 Å². The second-order valence-electron chi connectivity index (χ2n) is 5.74. The molecular weight excluding hydrogens is 318 g/mol. The fraction of sp³-hybridized carbons (Fsp3) is 0.158. The summed E-state index contributed by atoms with van der Waals surface area (Å²) >= 11 is 0. The largest absolute Gasteiger partial charge is 0.495 e. The summed E-state index contributed by atoms with van der Waals surface area (Å²) in [5, 5.41) is 2.72. The number of nitrogen functional groups attached to an aromatic ring is 1. The fourth-order valence-corrected chi connectivity index (χ4v) is 2.77. The standard InChI is InChI=1S/C19H18N3O3/c1-11-8-15-10-14(21-12(2)23)6-7-22(15)18(11)19(24)13-4-5-16(20)17(9-13)25-3/h4-7,9-10H,20H2,1-3H3,(H,21,23). The maximum absolute atomic E-state index is 13.0. The number of anilines is 2. The van der Waals surface area contributed by atoms with Crippen molar-refractivity contribution in [2.24, 2.45) is 0 Å². The van der Waals surface area contributed by atoms with Crippen molar-refractivity contribution in [2.75, 3.05) is 18.2 Å². The molecule has 1 aromatic carbocycles. The smallest absolute Gasteiger partial charge is 0.221 e. The molecule has 0 saturated heterocycles. The molecule has 2 aromatic heterocycles. The lowest BCUT2D eigenvalue weighted by atomic mass is 10.0. The first-order valence-corrected chi connectivity index (χ1v) is 7.70. The summed E-state index contributed by atoms with van der Waals surface area (Å²) in [6, 6.07) is 11.6. The van der Waals surface area contributed by atoms with Gasteiger partial charge in [0, 0.05) is 30.4 Å². The molecule has 3 aromatic rings. The van der Waals surface area contributed by atoms with Gasteiger partial charge in [-0.15, -0.1) is 0 Å². The molecule has 6 nitrogen and oxygen atoms in total. The lowest BCUT2D eigenvalue weighted by Gasteiger charge is -2.09. The van der Waals surface area contributed by atoms with E-state index in [4.69, 9.17) is 10.5 Å². The van der Waals surface area contributed by atoms with Crippen LogP contribution < -0.4 is 15.8 Å². The van der Waals surface area contributed by atoms with Gasteiger partial charge in [-0.3, -0.25) is 9.59 Å². The van der Waals surface area contributed by atoms with Crippen LogP contribution in [0.15, 0.2) is 36.5 Å². The SMILES string of the molecule is COc1cc(C(=O)c2c(C)[c]c3cc(NC(C)=O)ccn23)ccc1N. The first-order valence-electron chi connectivity index (χ1n) is 7.70. The molecule has 0 fully saturated rings. The van der Waals surface area contributed by atoms with Gasteiger partial charge in [0.2, 0.25) is 11.7 Å². The summed E-state index contributed by atoms with van der Waals surface area (Å²) < 4.78 is 6.95. The molecule has 0 aliphatic carbocycles. The van der Waals surface area contributed by atoms with E-state index in [0.717, 1.165) is 5.56 Å². The van der Waals surface area contributed by atoms with E-state index in [9.17, 15) is 9.59 Å². The van der Waals surface area contributed by atoms with Crippen LogP contribution in [0.4, 0.5) is 11.4 Å². The van der Waals surface area contributed by atoms with Crippen LogP contribution in [0.2, 0.25) is 0 Å². The zero-order valence-corrected chi connectivity index (χ0v) is 14.2. The van der Waals surface area contributed by atoms with Gasteiger partial charge in [-0.25, -0.2) is 0 Å². The Balaban J connectivity index is 2.07. The van der Waals surface area contributed by atoms with E-state index in [1.165, 1.54) is 14.0 Å². The summed E-state index contributed by atoms with van der Waals surface area (Å²) in [6.45, 7) is 3.27. The topological polar surface area (TPSA) is 85.8 Å². The number of carbonyl (C=O) groups is 2. The highest BCUT2D eigenvalue weighted by atomic mass is 16.5. The highest BCUT2D eigenvalue weighted by Gasteiger charge is 2.18. The molecule has 3 rings (SSSR count). The Labute approximate surface area is 145 Å². The molecule has 0 unspecified atom stereocenters. The monoisotopic (exact) mass is 336 g/mol. The van der Waals surface area contributed by atoms with E-state index in [0.29, 0.717) is 33.9 Å². The maximum Gasteiger partial charge on any atom is 0.221 e. The van der Waals surface area contributed by atoms with Crippen molar-refractivity contribution in [3.8, 4) is 5.75 Å². The minimum absolute atomic E-state index is 0.153. The molecule has 127 valence electrons. The zero-order chi connectivity index (χ0) is 18.1. The van der Waals surface area contributed by atoms with E-state index >= 15 is 0 Å². The number of pyridine rings is 1. The number of nitrogens with two attached hydrogens (primary N) is 1. The number of aryl methyl sites for hydroxylation is 1. The molecule has 6 heteroatoms. The Bertz CT molecular complexity index is 989. The second-order valence-corrected chi connectivity index (χ2v) is 5.74. The third kappa shape index (κ3) is 3.06. The van der Waals surface area contributed by atoms with Crippen molar-refractivity contribution in [2.45, 2.75) is 13.8 Å². The number of hydrogen-bond donors (Lipinski definition) is 2. The number of amides is 1. The maximum atomic E-state index is 13.0. The lowest BCUT2D eigenvalue weighted by Crippen LogP contribution is -2.09. The van der Waals surface area contributed by atoms with E-state index in [1.807, 2.05) is 6.92 Å². The van der Waals surface area contributed by atoms with Gasteiger partial charge in [-0.2, -0.15) is 0 Å². The molecule has 0 spiro atoms. The van der Waals surface area contributed by atoms with Gasteiger partial charge in [-0.05, 0) is 42.8 Å². The van der Waals surface area contributed by atoms with Crippen LogP contribution in [0.5, 0.6) is 5.75 Å². The van der Waals surface area contributed by atoms with Gasteiger partial charge in [-0.1, -0.05) is 0 Å². The molecule has 25 heavy (non-hydrogen) atoms. The molecule has 1 amide bonds. The van der Waals surface area contributed by atoms with Crippen LogP contribution in [0.25, 0.3) is 5.52 Å². The van der Waals surface area contributed by atoms with Crippen LogP contribution in [-0.4, -0.2) is 23.2 Å². The summed E-state index contributed by atoms with van der Waals surface area (Å²) in [5.74, 6) is 0.151. The predicted octanol–water partition coefficient (Wildman–Crippen LogP) is 2.83. The molecule has 0 aliphatic heterocycles. The molecule has 0 atom stereocenters. The number of ketones is 1. The van der Waals surface area contributed by atoms with Crippen molar-refractivity contribution in [1.29, 1.82) is 0 Å². The fourth-order valence-electron chi connectivity index (χ4n) is 2.77. The van der Waals surface area contributed by atoms with Crippen molar-refractivity contribution in [3.63, 3.8) is 0 Å². The highest BCUT2D eigenvalue weighted by Crippen LogP contribution is 2.26. The van der Waals surface area contributed by atoms with Crippen LogP contribution in [-0.2, 0) is 4.79 Å². The molecule has 3 N–H and O–H groups in total. The average molecular weight is 336 g/mol. The average Bonchev–Trinajstić information content (AvgIpc) is 2.89. The number of benzene rings is 1. The van der Waals surface area contributed by atoms with Crippen LogP contribution in [0.1, 0.15) is 28.5 Å². The number of carbonyl (C=O) groups excluding carboxylic acids is 2. The summed E-state index contributed by atoms with van der Waals surface area (Å²) in [6.07, 6.45) is 1.74. The minimum Gasteiger partial charge on any atom is -0.495 e. The van der Waals surface area contributed by atoms with Crippen molar-refractivity contribution >= 4 is 28.6 Å². The first kappa shape index (κ1) is 16.6. The molecule has 0 saturated carbocycles. The van der Waals surface area contributed by atoms with Crippen LogP contribution in [0.3, 0.4) is 0 Å². The summed E-state index contributed by atoms with van der Waals surface area (Å²) in [7, 11) is 1.51. The molecule has 1 radical (unpaired) electrons. The number of methoxy groups -OCH3 is 1. The van der Waals surface area contributed by atoms with Gasteiger partial charge in [0.15, 0.2) is 0 Å². The number of hydrogen-bond acceptors (Lipinski definition) is 4. The first-order chi connectivity index (χ1) is 11.9. The van der Waals surface area contributed by atoms with Crippen LogP contribution in [0, 0.1) is 13.0 Å². The lowest BCUT2D eigenvalue weighted by molar-refractivity contribution is -0.114. The Morgan fingerprint density at radius 1 is 1.24 bits per heavy atom. The summed E-state index contributed by atoms with van der Waals surface area (Å²) in [5.41, 5.74) is 9.36. The van der Waals surface area contributed by atoms with Gasteiger partial charge < -0.3 is 20.2 Å². The van der Waals surface area contributed by atoms with E-state index in [1.54, 1.807) is 40.9 Å². The van der Waals surface area contributed by atoms with Crippen molar-refractivity contribution in [3.05, 3.63) is 59.4 Å². The number of nitrogens with zero attached hydrogens (tertiary/aromatic N) is 1. The van der Waals surface area contributed by atoms with E-state index in [-0.39, 0.29) is 11.7 Å². The Kier molecular flexibility index (Phi) is 4.19. The van der Waals surface area contributed by atoms with Crippen LogP contribution >= 0.6 is 0 Å². The predicted molar refractivity (Wildman–Crippen MR) is 96.1 cm³/mol. The number of ether oxygens (including phenoxy) is 1. The number of nitrogens with one attached hydrogen (secondary N) is 1. The van der Waals surface area contributed by atoms with E-state index < -0.39 is 0 Å². The number of fused-ring (bicyclic) bond motifs is 1. The highest BCUT2D eigenvalue weighted by molar-refractivity contribution is 6.10. The number of rotatable bonds is 4. The third-order valence-corrected chi connectivity index (χ3v) is 3.90. The zero-order valence-electron chi connectivity index (χ0n) is 14.2. The normalized spacial score (nSPS) is 10.7. The Morgan fingerprint density at radius 3 is 2.68 bits per heavy atom. The van der Waals surface area contributed by atoms with E-state index in [2.05, 4.69) is 11.4 Å². The molecule has 0 aliphatic rings. The van der Waals surface area contributed by atoms with Crippen molar-refractivity contribution in [1.82, 2.24) is 4.40 Å². The quantitative estimate of drug-likeness (QED) is 0.567. The van der Waals surface area contributed by atoms with Crippen molar-refractivity contribution < 1.29 is 14.3 Å². The molecule has 2 heterocycles. The molecular formula is C19H18N3O3. The number of aromatic nitrogens is 1. The minimum atomic E-state index is -0.155. The Hall–Kier alpha value is -3.28. The molecule has 0 bridgehead atoms. The summed E-state index contributed by atoms with van der Waals surface area (Å²) in [4.78, 5) is 24.2. The third-order valence-electron chi connectivity index (χ3n) is 3.90. The van der Waals surface area contributed by atoms with Gasteiger partial charge in [0.25, 0.3) is 0 Å².